The lowest BCUT2D eigenvalue weighted by atomic mass is 10.1. The fourth-order valence-electron chi connectivity index (χ4n) is 3.03. The molecule has 4 aromatic rings. The molecule has 7 nitrogen and oxygen atoms in total. The lowest BCUT2D eigenvalue weighted by molar-refractivity contribution is -0.118. The van der Waals surface area contributed by atoms with Gasteiger partial charge < -0.3 is 5.11 Å². The van der Waals surface area contributed by atoms with Gasteiger partial charge in [0.2, 0.25) is 0 Å². The zero-order valence-electron chi connectivity index (χ0n) is 17.6. The fourth-order valence-corrected chi connectivity index (χ4v) is 3.91. The van der Waals surface area contributed by atoms with Crippen LogP contribution in [-0.4, -0.2) is 37.2 Å². The number of carbonyl (C=O) groups excluding carboxylic acids is 1. The number of para-hydroxylation sites is 1. The largest absolute Gasteiger partial charge is 0.508 e. The van der Waals surface area contributed by atoms with Gasteiger partial charge in [-0.2, -0.15) is 5.10 Å². The van der Waals surface area contributed by atoms with Gasteiger partial charge in [0, 0.05) is 16.3 Å². The number of halogens is 1. The second-order valence-corrected chi connectivity index (χ2v) is 8.43. The van der Waals surface area contributed by atoms with Crippen LogP contribution in [0, 0.1) is 0 Å². The monoisotopic (exact) mass is 477 g/mol. The van der Waals surface area contributed by atoms with Crippen LogP contribution in [0.2, 0.25) is 5.02 Å². The Bertz CT molecular complexity index is 1270. The van der Waals surface area contributed by atoms with Gasteiger partial charge in [0.25, 0.3) is 5.91 Å². The number of rotatable bonds is 7. The van der Waals surface area contributed by atoms with E-state index < -0.39 is 0 Å². The summed E-state index contributed by atoms with van der Waals surface area (Å²) in [6.45, 7) is 1.78. The van der Waals surface area contributed by atoms with E-state index in [0.717, 1.165) is 16.8 Å². The number of hydrogen-bond acceptors (Lipinski definition) is 6. The minimum Gasteiger partial charge on any atom is -0.508 e. The van der Waals surface area contributed by atoms with Crippen LogP contribution in [0.25, 0.3) is 17.1 Å². The first-order valence-electron chi connectivity index (χ1n) is 10.0. The Hall–Kier alpha value is -3.62. The summed E-state index contributed by atoms with van der Waals surface area (Å²) < 4.78 is 1.91. The number of benzene rings is 3. The van der Waals surface area contributed by atoms with Crippen molar-refractivity contribution in [2.45, 2.75) is 12.1 Å². The van der Waals surface area contributed by atoms with Crippen LogP contribution >= 0.6 is 23.4 Å². The lowest BCUT2D eigenvalue weighted by Gasteiger charge is -2.10. The Morgan fingerprint density at radius 2 is 1.73 bits per heavy atom. The second-order valence-electron chi connectivity index (χ2n) is 7.05. The molecule has 3 aromatic carbocycles. The smallest absolute Gasteiger partial charge is 0.250 e. The maximum atomic E-state index is 12.4. The molecule has 0 aliphatic rings. The maximum Gasteiger partial charge on any atom is 0.250 e. The summed E-state index contributed by atoms with van der Waals surface area (Å²) in [4.78, 5) is 12.4. The van der Waals surface area contributed by atoms with E-state index in [2.05, 4.69) is 20.7 Å². The van der Waals surface area contributed by atoms with E-state index in [4.69, 9.17) is 11.6 Å². The van der Waals surface area contributed by atoms with Crippen molar-refractivity contribution in [3.8, 4) is 22.8 Å². The first-order chi connectivity index (χ1) is 16.0. The van der Waals surface area contributed by atoms with Gasteiger partial charge in [0.1, 0.15) is 5.75 Å². The summed E-state index contributed by atoms with van der Waals surface area (Å²) in [5.74, 6) is 0.668. The summed E-state index contributed by atoms with van der Waals surface area (Å²) in [5, 5.41) is 23.4. The van der Waals surface area contributed by atoms with Crippen molar-refractivity contribution in [3.05, 3.63) is 89.4 Å². The van der Waals surface area contributed by atoms with Crippen molar-refractivity contribution in [1.29, 1.82) is 0 Å². The molecule has 0 saturated carbocycles. The molecule has 2 N–H and O–H groups in total. The highest BCUT2D eigenvalue weighted by Crippen LogP contribution is 2.28. The van der Waals surface area contributed by atoms with E-state index in [0.29, 0.717) is 21.7 Å². The van der Waals surface area contributed by atoms with Crippen LogP contribution in [-0.2, 0) is 4.79 Å². The first-order valence-corrected chi connectivity index (χ1v) is 11.4. The molecule has 0 saturated heterocycles. The summed E-state index contributed by atoms with van der Waals surface area (Å²) in [6, 6.07) is 23.7. The predicted octanol–water partition coefficient (Wildman–Crippen LogP) is 4.93. The molecule has 166 valence electrons. The maximum absolute atomic E-state index is 12.4. The molecule has 1 aromatic heterocycles. The number of hydrazone groups is 1. The number of phenols is 1. The molecule has 0 fully saturated rings. The van der Waals surface area contributed by atoms with Crippen LogP contribution in [0.4, 0.5) is 0 Å². The van der Waals surface area contributed by atoms with Gasteiger partial charge in [-0.3, -0.25) is 9.36 Å². The molecule has 9 heteroatoms. The molecule has 33 heavy (non-hydrogen) atoms. The van der Waals surface area contributed by atoms with E-state index in [-0.39, 0.29) is 17.4 Å². The molecule has 0 unspecified atom stereocenters. The molecule has 1 amide bonds. The van der Waals surface area contributed by atoms with E-state index in [1.165, 1.54) is 11.8 Å². The Balaban J connectivity index is 1.51. The summed E-state index contributed by atoms with van der Waals surface area (Å²) in [5.41, 5.74) is 5.74. The molecule has 1 heterocycles. The molecule has 4 rings (SSSR count). The molecule has 0 atom stereocenters. The Morgan fingerprint density at radius 3 is 2.42 bits per heavy atom. The van der Waals surface area contributed by atoms with Crippen molar-refractivity contribution >= 4 is 35.0 Å². The number of nitrogens with zero attached hydrogens (tertiary/aromatic N) is 4. The van der Waals surface area contributed by atoms with E-state index in [1.54, 1.807) is 43.3 Å². The predicted molar refractivity (Wildman–Crippen MR) is 131 cm³/mol. The SMILES string of the molecule is C/C(=N/NC(=O)CSc1nnc(-c2ccc(Cl)cc2)n1-c1ccccc1)c1ccc(O)cc1. The topological polar surface area (TPSA) is 92.4 Å². The lowest BCUT2D eigenvalue weighted by Crippen LogP contribution is -2.21. The van der Waals surface area contributed by atoms with Gasteiger partial charge >= 0.3 is 0 Å². The third-order valence-electron chi connectivity index (χ3n) is 4.72. The minimum atomic E-state index is -0.270. The number of phenolic OH excluding ortho intramolecular Hbond substituents is 1. The van der Waals surface area contributed by atoms with Crippen LogP contribution < -0.4 is 5.43 Å². The van der Waals surface area contributed by atoms with Gasteiger partial charge in [-0.1, -0.05) is 41.6 Å². The molecule has 0 bridgehead atoms. The minimum absolute atomic E-state index is 0.109. The third-order valence-corrected chi connectivity index (χ3v) is 5.90. The molecular weight excluding hydrogens is 458 g/mol. The van der Waals surface area contributed by atoms with Crippen molar-refractivity contribution in [2.24, 2.45) is 5.10 Å². The van der Waals surface area contributed by atoms with E-state index in [1.807, 2.05) is 47.0 Å². The van der Waals surface area contributed by atoms with Crippen molar-refractivity contribution in [2.75, 3.05) is 5.75 Å². The van der Waals surface area contributed by atoms with E-state index >= 15 is 0 Å². The average Bonchev–Trinajstić information content (AvgIpc) is 3.26. The van der Waals surface area contributed by atoms with Gasteiger partial charge in [0.05, 0.1) is 11.5 Å². The number of amides is 1. The van der Waals surface area contributed by atoms with Crippen molar-refractivity contribution in [1.82, 2.24) is 20.2 Å². The number of hydrogen-bond donors (Lipinski definition) is 2. The molecule has 0 spiro atoms. The molecule has 0 radical (unpaired) electrons. The van der Waals surface area contributed by atoms with Gasteiger partial charge in [-0.05, 0) is 73.2 Å². The second kappa shape index (κ2) is 10.3. The molecule has 0 aliphatic heterocycles. The van der Waals surface area contributed by atoms with Crippen LogP contribution in [0.15, 0.2) is 89.1 Å². The fraction of sp³-hybridized carbons (Fsp3) is 0.0833. The Labute approximate surface area is 200 Å². The van der Waals surface area contributed by atoms with Gasteiger partial charge in [-0.15, -0.1) is 10.2 Å². The Kier molecular flexibility index (Phi) is 7.07. The quantitative estimate of drug-likeness (QED) is 0.224. The zero-order chi connectivity index (χ0) is 23.2. The zero-order valence-corrected chi connectivity index (χ0v) is 19.2. The van der Waals surface area contributed by atoms with Crippen molar-refractivity contribution < 1.29 is 9.90 Å². The molecule has 0 aliphatic carbocycles. The highest BCUT2D eigenvalue weighted by Gasteiger charge is 2.17. The highest BCUT2D eigenvalue weighted by atomic mass is 35.5. The van der Waals surface area contributed by atoms with Crippen LogP contribution in [0.3, 0.4) is 0 Å². The molecular formula is C24H20ClN5O2S. The van der Waals surface area contributed by atoms with Crippen LogP contribution in [0.1, 0.15) is 12.5 Å². The standard InChI is InChI=1S/C24H20ClN5O2S/c1-16(17-9-13-21(31)14-10-17)26-27-22(32)15-33-24-29-28-23(18-7-11-19(25)12-8-18)30(24)20-5-3-2-4-6-20/h2-14,31H,15H2,1H3,(H,27,32)/b26-16-. The normalized spacial score (nSPS) is 11.4. The third kappa shape index (κ3) is 5.60. The van der Waals surface area contributed by atoms with Gasteiger partial charge in [-0.25, -0.2) is 5.43 Å². The average molecular weight is 478 g/mol. The van der Waals surface area contributed by atoms with Crippen LogP contribution in [0.5, 0.6) is 5.75 Å². The number of aromatic hydroxyl groups is 1. The van der Waals surface area contributed by atoms with Crippen molar-refractivity contribution in [3.63, 3.8) is 0 Å². The van der Waals surface area contributed by atoms with E-state index in [9.17, 15) is 9.90 Å². The summed E-state index contributed by atoms with van der Waals surface area (Å²) in [7, 11) is 0. The number of thioether (sulfide) groups is 1. The summed E-state index contributed by atoms with van der Waals surface area (Å²) in [6.07, 6.45) is 0. The number of aromatic nitrogens is 3. The number of nitrogens with one attached hydrogen (secondary N) is 1. The summed E-state index contributed by atoms with van der Waals surface area (Å²) >= 11 is 7.30. The Morgan fingerprint density at radius 1 is 1.03 bits per heavy atom. The highest BCUT2D eigenvalue weighted by molar-refractivity contribution is 7.99. The van der Waals surface area contributed by atoms with Gasteiger partial charge in [0.15, 0.2) is 11.0 Å². The first kappa shape index (κ1) is 22.6. The number of carbonyl (C=O) groups is 1.